The average molecular weight is 275 g/mol. The molecule has 1 aromatic carbocycles. The second-order valence-corrected chi connectivity index (χ2v) is 5.24. The lowest BCUT2D eigenvalue weighted by Crippen LogP contribution is -2.07. The number of rotatable bonds is 5. The Kier molecular flexibility index (Phi) is 4.80. The number of aromatic nitrogens is 1. The molecule has 0 saturated carbocycles. The van der Waals surface area contributed by atoms with Crippen LogP contribution in [0.25, 0.3) is 0 Å². The SMILES string of the molecule is Cc1cnc(Cl)c(NCCC(C)c2ccccc2)c1. The maximum Gasteiger partial charge on any atom is 0.152 e. The average Bonchev–Trinajstić information content (AvgIpc) is 2.43. The van der Waals surface area contributed by atoms with Gasteiger partial charge in [0.1, 0.15) is 0 Å². The standard InChI is InChI=1S/C16H19ClN2/c1-12-10-15(16(17)19-11-12)18-9-8-13(2)14-6-4-3-5-7-14/h3-7,10-11,13,18H,8-9H2,1-2H3. The Morgan fingerprint density at radius 2 is 2.00 bits per heavy atom. The molecule has 0 aliphatic carbocycles. The number of nitrogens with one attached hydrogen (secondary N) is 1. The van der Waals surface area contributed by atoms with E-state index in [-0.39, 0.29) is 0 Å². The van der Waals surface area contributed by atoms with E-state index in [0.717, 1.165) is 24.2 Å². The summed E-state index contributed by atoms with van der Waals surface area (Å²) < 4.78 is 0. The minimum atomic E-state index is 0.533. The van der Waals surface area contributed by atoms with Gasteiger partial charge in [-0.2, -0.15) is 0 Å². The van der Waals surface area contributed by atoms with Crippen molar-refractivity contribution in [3.8, 4) is 0 Å². The summed E-state index contributed by atoms with van der Waals surface area (Å²) in [7, 11) is 0. The minimum Gasteiger partial charge on any atom is -0.383 e. The molecule has 0 spiro atoms. The topological polar surface area (TPSA) is 24.9 Å². The smallest absolute Gasteiger partial charge is 0.152 e. The Morgan fingerprint density at radius 3 is 2.74 bits per heavy atom. The molecule has 1 atom stereocenters. The highest BCUT2D eigenvalue weighted by Gasteiger charge is 2.06. The lowest BCUT2D eigenvalue weighted by Gasteiger charge is -2.13. The van der Waals surface area contributed by atoms with E-state index in [1.165, 1.54) is 5.56 Å². The number of nitrogens with zero attached hydrogens (tertiary/aromatic N) is 1. The van der Waals surface area contributed by atoms with Gasteiger partial charge in [-0.1, -0.05) is 48.9 Å². The van der Waals surface area contributed by atoms with Gasteiger partial charge in [-0.05, 0) is 36.5 Å². The molecule has 0 aliphatic heterocycles. The monoisotopic (exact) mass is 274 g/mol. The Labute approximate surface area is 119 Å². The van der Waals surface area contributed by atoms with Crippen LogP contribution in [0.3, 0.4) is 0 Å². The molecule has 2 nitrogen and oxygen atoms in total. The molecule has 1 N–H and O–H groups in total. The van der Waals surface area contributed by atoms with Crippen LogP contribution in [0.1, 0.15) is 30.4 Å². The second-order valence-electron chi connectivity index (χ2n) is 4.88. The number of anilines is 1. The molecule has 100 valence electrons. The zero-order chi connectivity index (χ0) is 13.7. The molecule has 1 unspecified atom stereocenters. The Bertz CT molecular complexity index is 526. The third-order valence-electron chi connectivity index (χ3n) is 3.24. The summed E-state index contributed by atoms with van der Waals surface area (Å²) in [5, 5.41) is 3.90. The summed E-state index contributed by atoms with van der Waals surface area (Å²) in [4.78, 5) is 4.14. The van der Waals surface area contributed by atoms with Crippen molar-refractivity contribution >= 4 is 17.3 Å². The van der Waals surface area contributed by atoms with Crippen molar-refractivity contribution in [2.24, 2.45) is 0 Å². The summed E-state index contributed by atoms with van der Waals surface area (Å²) in [6, 6.07) is 12.6. The van der Waals surface area contributed by atoms with Gasteiger partial charge in [0.15, 0.2) is 5.15 Å². The largest absolute Gasteiger partial charge is 0.383 e. The fourth-order valence-electron chi connectivity index (χ4n) is 2.05. The Balaban J connectivity index is 1.88. The van der Waals surface area contributed by atoms with Crippen molar-refractivity contribution in [1.29, 1.82) is 0 Å². The normalized spacial score (nSPS) is 12.2. The molecule has 2 aromatic rings. The second kappa shape index (κ2) is 6.58. The molecule has 1 aromatic heterocycles. The van der Waals surface area contributed by atoms with Gasteiger partial charge in [0, 0.05) is 12.7 Å². The number of halogens is 1. The molecular formula is C16H19ClN2. The van der Waals surface area contributed by atoms with Crippen molar-refractivity contribution in [3.63, 3.8) is 0 Å². The third kappa shape index (κ3) is 3.97. The first-order valence-corrected chi connectivity index (χ1v) is 6.95. The predicted octanol–water partition coefficient (Wildman–Crippen LogP) is 4.65. The zero-order valence-corrected chi connectivity index (χ0v) is 12.1. The number of hydrogen-bond donors (Lipinski definition) is 1. The molecule has 0 saturated heterocycles. The highest BCUT2D eigenvalue weighted by molar-refractivity contribution is 6.31. The van der Waals surface area contributed by atoms with Gasteiger partial charge in [-0.15, -0.1) is 0 Å². The van der Waals surface area contributed by atoms with Crippen LogP contribution in [-0.2, 0) is 0 Å². The third-order valence-corrected chi connectivity index (χ3v) is 3.54. The summed E-state index contributed by atoms with van der Waals surface area (Å²) in [5.41, 5.74) is 3.41. The van der Waals surface area contributed by atoms with Gasteiger partial charge >= 0.3 is 0 Å². The van der Waals surface area contributed by atoms with Crippen LogP contribution < -0.4 is 5.32 Å². The Hall–Kier alpha value is -1.54. The van der Waals surface area contributed by atoms with E-state index < -0.39 is 0 Å². The first-order chi connectivity index (χ1) is 9.16. The number of aryl methyl sites for hydroxylation is 1. The van der Waals surface area contributed by atoms with E-state index in [2.05, 4.69) is 41.5 Å². The number of hydrogen-bond acceptors (Lipinski definition) is 2. The first kappa shape index (κ1) is 13.9. The van der Waals surface area contributed by atoms with E-state index in [4.69, 9.17) is 11.6 Å². The quantitative estimate of drug-likeness (QED) is 0.803. The summed E-state index contributed by atoms with van der Waals surface area (Å²) >= 11 is 6.05. The fourth-order valence-corrected chi connectivity index (χ4v) is 2.22. The first-order valence-electron chi connectivity index (χ1n) is 6.58. The van der Waals surface area contributed by atoms with Gasteiger partial charge in [0.25, 0.3) is 0 Å². The lowest BCUT2D eigenvalue weighted by molar-refractivity contribution is 0.706. The predicted molar refractivity (Wildman–Crippen MR) is 81.9 cm³/mol. The van der Waals surface area contributed by atoms with E-state index in [1.54, 1.807) is 6.20 Å². The van der Waals surface area contributed by atoms with Crippen LogP contribution in [0.4, 0.5) is 5.69 Å². The zero-order valence-electron chi connectivity index (χ0n) is 11.4. The van der Waals surface area contributed by atoms with Crippen LogP contribution in [0.2, 0.25) is 5.15 Å². The molecular weight excluding hydrogens is 256 g/mol. The molecule has 0 aliphatic rings. The van der Waals surface area contributed by atoms with Crippen molar-refractivity contribution in [2.45, 2.75) is 26.2 Å². The minimum absolute atomic E-state index is 0.533. The molecule has 3 heteroatoms. The molecule has 0 amide bonds. The van der Waals surface area contributed by atoms with E-state index in [1.807, 2.05) is 19.1 Å². The summed E-state index contributed by atoms with van der Waals surface area (Å²) in [5.74, 6) is 0.533. The molecule has 0 radical (unpaired) electrons. The van der Waals surface area contributed by atoms with Gasteiger partial charge in [-0.25, -0.2) is 4.98 Å². The van der Waals surface area contributed by atoms with E-state index >= 15 is 0 Å². The van der Waals surface area contributed by atoms with Gasteiger partial charge < -0.3 is 5.32 Å². The van der Waals surface area contributed by atoms with Crippen LogP contribution in [0.15, 0.2) is 42.6 Å². The van der Waals surface area contributed by atoms with Crippen LogP contribution in [-0.4, -0.2) is 11.5 Å². The number of pyridine rings is 1. The van der Waals surface area contributed by atoms with Crippen molar-refractivity contribution in [3.05, 3.63) is 58.9 Å². The van der Waals surface area contributed by atoms with Crippen molar-refractivity contribution in [2.75, 3.05) is 11.9 Å². The molecule has 2 rings (SSSR count). The molecule has 0 fully saturated rings. The highest BCUT2D eigenvalue weighted by atomic mass is 35.5. The lowest BCUT2D eigenvalue weighted by atomic mass is 9.98. The van der Waals surface area contributed by atoms with E-state index in [0.29, 0.717) is 11.1 Å². The van der Waals surface area contributed by atoms with Gasteiger partial charge in [0.05, 0.1) is 5.69 Å². The molecule has 0 bridgehead atoms. The van der Waals surface area contributed by atoms with Crippen LogP contribution >= 0.6 is 11.6 Å². The maximum atomic E-state index is 6.05. The molecule has 19 heavy (non-hydrogen) atoms. The Morgan fingerprint density at radius 1 is 1.26 bits per heavy atom. The van der Waals surface area contributed by atoms with Gasteiger partial charge in [-0.3, -0.25) is 0 Å². The summed E-state index contributed by atoms with van der Waals surface area (Å²) in [6.45, 7) is 5.15. The molecule has 1 heterocycles. The summed E-state index contributed by atoms with van der Waals surface area (Å²) in [6.07, 6.45) is 2.84. The number of benzene rings is 1. The van der Waals surface area contributed by atoms with Crippen LogP contribution in [0.5, 0.6) is 0 Å². The maximum absolute atomic E-state index is 6.05. The van der Waals surface area contributed by atoms with Crippen molar-refractivity contribution < 1.29 is 0 Å². The fraction of sp³-hybridized carbons (Fsp3) is 0.312. The van der Waals surface area contributed by atoms with Crippen LogP contribution in [0, 0.1) is 6.92 Å². The van der Waals surface area contributed by atoms with Gasteiger partial charge in [0.2, 0.25) is 0 Å². The highest BCUT2D eigenvalue weighted by Crippen LogP contribution is 2.22. The van der Waals surface area contributed by atoms with E-state index in [9.17, 15) is 0 Å². The van der Waals surface area contributed by atoms with Crippen molar-refractivity contribution in [1.82, 2.24) is 4.98 Å².